The molecule has 94 valence electrons. The molecule has 2 nitrogen and oxygen atoms in total. The largest absolute Gasteiger partial charge is 0.224 e. The minimum atomic E-state index is -3.11. The summed E-state index contributed by atoms with van der Waals surface area (Å²) in [4.78, 5) is 0.411. The topological polar surface area (TPSA) is 34.1 Å². The molecular weight excluding hydrogens is 232 g/mol. The SMILES string of the molecule is C/C=C\CC(CC)c1cccc(S(C)(=O)=O)c1. The molecule has 3 heteroatoms. The predicted octanol–water partition coefficient (Wildman–Crippen LogP) is 3.55. The van der Waals surface area contributed by atoms with Crippen molar-refractivity contribution in [2.24, 2.45) is 0 Å². The maximum absolute atomic E-state index is 11.5. The minimum absolute atomic E-state index is 0.396. The molecule has 0 amide bonds. The Morgan fingerprint density at radius 2 is 2.06 bits per heavy atom. The molecule has 0 saturated heterocycles. The monoisotopic (exact) mass is 252 g/mol. The van der Waals surface area contributed by atoms with Crippen molar-refractivity contribution in [2.45, 2.75) is 37.5 Å². The first-order chi connectivity index (χ1) is 7.99. The van der Waals surface area contributed by atoms with Gasteiger partial charge in [0, 0.05) is 6.26 Å². The van der Waals surface area contributed by atoms with Crippen molar-refractivity contribution in [3.63, 3.8) is 0 Å². The van der Waals surface area contributed by atoms with Crippen molar-refractivity contribution in [1.29, 1.82) is 0 Å². The van der Waals surface area contributed by atoms with Crippen LogP contribution in [-0.4, -0.2) is 14.7 Å². The average Bonchev–Trinajstić information content (AvgIpc) is 2.29. The molecule has 1 aromatic rings. The zero-order valence-electron chi connectivity index (χ0n) is 10.7. The molecule has 1 atom stereocenters. The van der Waals surface area contributed by atoms with E-state index in [9.17, 15) is 8.42 Å². The smallest absolute Gasteiger partial charge is 0.175 e. The summed E-state index contributed by atoms with van der Waals surface area (Å²) in [5.74, 6) is 0.396. The van der Waals surface area contributed by atoms with Crippen LogP contribution in [0.3, 0.4) is 0 Å². The normalized spacial score (nSPS) is 14.1. The Labute approximate surface area is 104 Å². The van der Waals surface area contributed by atoms with Gasteiger partial charge in [-0.2, -0.15) is 0 Å². The maximum Gasteiger partial charge on any atom is 0.175 e. The van der Waals surface area contributed by atoms with Crippen molar-refractivity contribution in [1.82, 2.24) is 0 Å². The van der Waals surface area contributed by atoms with Gasteiger partial charge in [-0.15, -0.1) is 0 Å². The molecule has 0 saturated carbocycles. The van der Waals surface area contributed by atoms with E-state index in [0.717, 1.165) is 18.4 Å². The highest BCUT2D eigenvalue weighted by atomic mass is 32.2. The van der Waals surface area contributed by atoms with Gasteiger partial charge in [-0.3, -0.25) is 0 Å². The average molecular weight is 252 g/mol. The van der Waals surface area contributed by atoms with Gasteiger partial charge >= 0.3 is 0 Å². The predicted molar refractivity (Wildman–Crippen MR) is 72.0 cm³/mol. The molecule has 0 heterocycles. The highest BCUT2D eigenvalue weighted by molar-refractivity contribution is 7.90. The Kier molecular flexibility index (Phi) is 4.94. The number of rotatable bonds is 5. The zero-order valence-corrected chi connectivity index (χ0v) is 11.5. The molecule has 0 aliphatic heterocycles. The van der Waals surface area contributed by atoms with Crippen LogP contribution in [0.4, 0.5) is 0 Å². The molecule has 1 rings (SSSR count). The summed E-state index contributed by atoms with van der Waals surface area (Å²) in [5, 5.41) is 0. The Hall–Kier alpha value is -1.09. The molecule has 17 heavy (non-hydrogen) atoms. The third-order valence-electron chi connectivity index (χ3n) is 2.91. The van der Waals surface area contributed by atoms with Crippen LogP contribution in [0.1, 0.15) is 38.2 Å². The summed E-state index contributed by atoms with van der Waals surface area (Å²) in [6, 6.07) is 7.28. The van der Waals surface area contributed by atoms with Gasteiger partial charge in [0.15, 0.2) is 9.84 Å². The molecular formula is C14H20O2S. The van der Waals surface area contributed by atoms with Crippen molar-refractivity contribution >= 4 is 9.84 Å². The molecule has 0 bridgehead atoms. The number of benzene rings is 1. The second-order valence-electron chi connectivity index (χ2n) is 4.25. The van der Waals surface area contributed by atoms with Gasteiger partial charge in [-0.25, -0.2) is 8.42 Å². The molecule has 0 fully saturated rings. The molecule has 0 radical (unpaired) electrons. The second-order valence-corrected chi connectivity index (χ2v) is 6.27. The van der Waals surface area contributed by atoms with Gasteiger partial charge in [0.05, 0.1) is 4.90 Å². The van der Waals surface area contributed by atoms with E-state index in [-0.39, 0.29) is 0 Å². The molecule has 0 N–H and O–H groups in total. The maximum atomic E-state index is 11.5. The summed E-state index contributed by atoms with van der Waals surface area (Å²) >= 11 is 0. The second kappa shape index (κ2) is 6.01. The van der Waals surface area contributed by atoms with Crippen LogP contribution in [-0.2, 0) is 9.84 Å². The number of hydrogen-bond acceptors (Lipinski definition) is 2. The summed E-state index contributed by atoms with van der Waals surface area (Å²) in [5.41, 5.74) is 1.11. The first-order valence-electron chi connectivity index (χ1n) is 5.90. The quantitative estimate of drug-likeness (QED) is 0.751. The minimum Gasteiger partial charge on any atom is -0.224 e. The highest BCUT2D eigenvalue weighted by Gasteiger charge is 2.12. The van der Waals surface area contributed by atoms with E-state index in [4.69, 9.17) is 0 Å². The Morgan fingerprint density at radius 3 is 2.59 bits per heavy atom. The third kappa shape index (κ3) is 4.00. The van der Waals surface area contributed by atoms with E-state index in [1.54, 1.807) is 12.1 Å². The fraction of sp³-hybridized carbons (Fsp3) is 0.429. The van der Waals surface area contributed by atoms with Gasteiger partial charge in [0.2, 0.25) is 0 Å². The first-order valence-corrected chi connectivity index (χ1v) is 7.79. The zero-order chi connectivity index (χ0) is 12.9. The molecule has 0 aromatic heterocycles. The lowest BCUT2D eigenvalue weighted by Crippen LogP contribution is -2.01. The van der Waals surface area contributed by atoms with E-state index >= 15 is 0 Å². The number of sulfone groups is 1. The summed E-state index contributed by atoms with van der Waals surface area (Å²) in [6.07, 6.45) is 7.38. The molecule has 0 aliphatic carbocycles. The summed E-state index contributed by atoms with van der Waals surface area (Å²) in [6.45, 7) is 4.13. The van der Waals surface area contributed by atoms with Crippen molar-refractivity contribution < 1.29 is 8.42 Å². The molecule has 1 aromatic carbocycles. The first kappa shape index (κ1) is 14.0. The molecule has 0 aliphatic rings. The van der Waals surface area contributed by atoms with Crippen LogP contribution in [0.5, 0.6) is 0 Å². The van der Waals surface area contributed by atoms with E-state index in [1.807, 2.05) is 25.1 Å². The fourth-order valence-corrected chi connectivity index (χ4v) is 2.51. The third-order valence-corrected chi connectivity index (χ3v) is 4.02. The van der Waals surface area contributed by atoms with Gasteiger partial charge in [-0.05, 0) is 43.4 Å². The van der Waals surface area contributed by atoms with Crippen LogP contribution in [0.25, 0.3) is 0 Å². The van der Waals surface area contributed by atoms with Gasteiger partial charge < -0.3 is 0 Å². The number of hydrogen-bond donors (Lipinski definition) is 0. The van der Waals surface area contributed by atoms with Crippen molar-refractivity contribution in [3.8, 4) is 0 Å². The summed E-state index contributed by atoms with van der Waals surface area (Å²) < 4.78 is 23.0. The highest BCUT2D eigenvalue weighted by Crippen LogP contribution is 2.25. The van der Waals surface area contributed by atoms with Crippen LogP contribution < -0.4 is 0 Å². The lowest BCUT2D eigenvalue weighted by atomic mass is 9.93. The molecule has 0 spiro atoms. The van der Waals surface area contributed by atoms with Crippen molar-refractivity contribution in [3.05, 3.63) is 42.0 Å². The van der Waals surface area contributed by atoms with Crippen LogP contribution in [0.2, 0.25) is 0 Å². The van der Waals surface area contributed by atoms with Gasteiger partial charge in [-0.1, -0.05) is 31.2 Å². The molecule has 1 unspecified atom stereocenters. The standard InChI is InChI=1S/C14H20O2S/c1-4-6-8-12(5-2)13-9-7-10-14(11-13)17(3,15)16/h4,6-7,9-12H,5,8H2,1-3H3/b6-4-. The Bertz CT molecular complexity index is 487. The lowest BCUT2D eigenvalue weighted by molar-refractivity contribution is 0.601. The van der Waals surface area contributed by atoms with E-state index in [0.29, 0.717) is 10.8 Å². The summed E-state index contributed by atoms with van der Waals surface area (Å²) in [7, 11) is -3.11. The van der Waals surface area contributed by atoms with Gasteiger partial charge in [0.25, 0.3) is 0 Å². The lowest BCUT2D eigenvalue weighted by Gasteiger charge is -2.14. The van der Waals surface area contributed by atoms with Crippen LogP contribution >= 0.6 is 0 Å². The van der Waals surface area contributed by atoms with E-state index in [1.165, 1.54) is 6.26 Å². The Morgan fingerprint density at radius 1 is 1.35 bits per heavy atom. The number of allylic oxidation sites excluding steroid dienone is 2. The fourth-order valence-electron chi connectivity index (χ4n) is 1.84. The van der Waals surface area contributed by atoms with E-state index < -0.39 is 9.84 Å². The van der Waals surface area contributed by atoms with Crippen molar-refractivity contribution in [2.75, 3.05) is 6.26 Å². The van der Waals surface area contributed by atoms with Gasteiger partial charge in [0.1, 0.15) is 0 Å². The van der Waals surface area contributed by atoms with Crippen LogP contribution in [0.15, 0.2) is 41.3 Å². The van der Waals surface area contributed by atoms with E-state index in [2.05, 4.69) is 13.0 Å². The van der Waals surface area contributed by atoms with Crippen LogP contribution in [0, 0.1) is 0 Å². The Balaban J connectivity index is 3.05.